The van der Waals surface area contributed by atoms with E-state index in [1.807, 2.05) is 28.8 Å². The lowest BCUT2D eigenvalue weighted by molar-refractivity contribution is -0.121. The van der Waals surface area contributed by atoms with Gasteiger partial charge in [-0.1, -0.05) is 38.1 Å². The first-order chi connectivity index (χ1) is 17.4. The summed E-state index contributed by atoms with van der Waals surface area (Å²) in [5.74, 6) is -0.100. The second-order valence-corrected chi connectivity index (χ2v) is 9.88. The minimum atomic E-state index is -0.285. The molecule has 1 saturated heterocycles. The van der Waals surface area contributed by atoms with Gasteiger partial charge in [-0.2, -0.15) is 0 Å². The molecule has 1 aromatic heterocycles. The number of halogens is 1. The van der Waals surface area contributed by atoms with Crippen LogP contribution in [0.3, 0.4) is 0 Å². The van der Waals surface area contributed by atoms with Crippen LogP contribution in [0.5, 0.6) is 0 Å². The molecule has 1 N–H and O–H groups in total. The van der Waals surface area contributed by atoms with Crippen molar-refractivity contribution in [3.05, 3.63) is 83.2 Å². The number of nitrogens with one attached hydrogen (secondary N) is 1. The third-order valence-corrected chi connectivity index (χ3v) is 7.17. The number of carbonyl (C=O) groups is 2. The zero-order valence-electron chi connectivity index (χ0n) is 20.6. The van der Waals surface area contributed by atoms with Crippen LogP contribution in [0.4, 0.5) is 10.1 Å². The van der Waals surface area contributed by atoms with E-state index in [9.17, 15) is 14.0 Å². The van der Waals surface area contributed by atoms with Crippen LogP contribution in [0, 0.1) is 11.7 Å². The van der Waals surface area contributed by atoms with E-state index in [1.54, 1.807) is 23.4 Å². The van der Waals surface area contributed by atoms with Crippen LogP contribution in [0.2, 0.25) is 0 Å². The Morgan fingerprint density at radius 2 is 1.75 bits per heavy atom. The minimum Gasteiger partial charge on any atom is -0.365 e. The molecule has 0 saturated carbocycles. The molecule has 3 aromatic rings. The summed E-state index contributed by atoms with van der Waals surface area (Å²) in [6.45, 7) is 6.07. The van der Waals surface area contributed by atoms with Crippen LogP contribution >= 0.6 is 0 Å². The molecular formula is C28H31FN4O3. The van der Waals surface area contributed by atoms with Gasteiger partial charge in [0.1, 0.15) is 11.9 Å². The van der Waals surface area contributed by atoms with Gasteiger partial charge in [0.2, 0.25) is 5.91 Å². The van der Waals surface area contributed by atoms with Gasteiger partial charge in [-0.25, -0.2) is 9.37 Å². The smallest absolute Gasteiger partial charge is 0.274 e. The number of rotatable bonds is 5. The number of hydrogen-bond acceptors (Lipinski definition) is 4. The Labute approximate surface area is 210 Å². The SMILES string of the molecule is CC(C)c1ccc(NC(=O)C2CCN(C(=O)c3ncn4c3CO[C@@H](c3ccc(F)cc3)C4)CC2)cc1. The van der Waals surface area contributed by atoms with E-state index in [-0.39, 0.29) is 36.3 Å². The Morgan fingerprint density at radius 3 is 2.42 bits per heavy atom. The van der Waals surface area contributed by atoms with Gasteiger partial charge in [0.25, 0.3) is 5.91 Å². The van der Waals surface area contributed by atoms with E-state index in [1.165, 1.54) is 17.7 Å². The third-order valence-electron chi connectivity index (χ3n) is 7.17. The van der Waals surface area contributed by atoms with Crippen molar-refractivity contribution in [2.45, 2.75) is 51.9 Å². The highest BCUT2D eigenvalue weighted by atomic mass is 19.1. The number of carbonyl (C=O) groups excluding carboxylic acids is 2. The third kappa shape index (κ3) is 5.04. The standard InChI is InChI=1S/C28H31FN4O3/c1-18(2)19-5-9-23(10-6-19)31-27(34)21-11-13-32(14-12-21)28(35)26-24-16-36-25(15-33(24)17-30-26)20-3-7-22(29)8-4-20/h3-10,17-18,21,25H,11-16H2,1-2H3,(H,31,34)/t25-/m1/s1. The van der Waals surface area contributed by atoms with Gasteiger partial charge < -0.3 is 19.5 Å². The fraction of sp³-hybridized carbons (Fsp3) is 0.393. The number of hydrogen-bond donors (Lipinski definition) is 1. The average molecular weight is 491 g/mol. The molecule has 36 heavy (non-hydrogen) atoms. The van der Waals surface area contributed by atoms with E-state index in [0.29, 0.717) is 44.1 Å². The molecule has 8 heteroatoms. The molecule has 2 aliphatic rings. The molecule has 1 atom stereocenters. The Balaban J connectivity index is 1.16. The first kappa shape index (κ1) is 24.2. The fourth-order valence-electron chi connectivity index (χ4n) is 4.88. The second-order valence-electron chi connectivity index (χ2n) is 9.88. The lowest BCUT2D eigenvalue weighted by Gasteiger charge is -2.31. The normalized spacial score (nSPS) is 18.2. The van der Waals surface area contributed by atoms with Gasteiger partial charge in [0.15, 0.2) is 5.69 Å². The van der Waals surface area contributed by atoms with Crippen LogP contribution in [0.1, 0.15) is 66.0 Å². The largest absolute Gasteiger partial charge is 0.365 e. The molecular weight excluding hydrogens is 459 g/mol. The van der Waals surface area contributed by atoms with Crippen LogP contribution in [-0.2, 0) is 22.7 Å². The van der Waals surface area contributed by atoms with E-state index < -0.39 is 0 Å². The number of fused-ring (bicyclic) bond motifs is 1. The molecule has 0 spiro atoms. The first-order valence-corrected chi connectivity index (χ1v) is 12.5. The highest BCUT2D eigenvalue weighted by molar-refractivity contribution is 5.95. The molecule has 0 unspecified atom stereocenters. The summed E-state index contributed by atoms with van der Waals surface area (Å²) >= 11 is 0. The number of piperidine rings is 1. The number of likely N-dealkylation sites (tertiary alicyclic amines) is 1. The molecule has 0 aliphatic carbocycles. The Morgan fingerprint density at radius 1 is 1.06 bits per heavy atom. The Hall–Kier alpha value is -3.52. The summed E-state index contributed by atoms with van der Waals surface area (Å²) in [4.78, 5) is 32.2. The van der Waals surface area contributed by atoms with Crippen molar-refractivity contribution in [3.8, 4) is 0 Å². The van der Waals surface area contributed by atoms with Gasteiger partial charge in [-0.05, 0) is 54.2 Å². The molecule has 7 nitrogen and oxygen atoms in total. The van der Waals surface area contributed by atoms with Crippen molar-refractivity contribution < 1.29 is 18.7 Å². The highest BCUT2D eigenvalue weighted by Crippen LogP contribution is 2.29. The highest BCUT2D eigenvalue weighted by Gasteiger charge is 2.32. The number of nitrogens with zero attached hydrogens (tertiary/aromatic N) is 3. The number of anilines is 1. The Kier molecular flexibility index (Phi) is 6.87. The van der Waals surface area contributed by atoms with Crippen molar-refractivity contribution in [1.29, 1.82) is 0 Å². The Bertz CT molecular complexity index is 1230. The van der Waals surface area contributed by atoms with E-state index in [2.05, 4.69) is 24.1 Å². The number of aromatic nitrogens is 2. The maximum Gasteiger partial charge on any atom is 0.274 e. The van der Waals surface area contributed by atoms with E-state index in [0.717, 1.165) is 16.9 Å². The van der Waals surface area contributed by atoms with Gasteiger partial charge in [-0.15, -0.1) is 0 Å². The van der Waals surface area contributed by atoms with Gasteiger partial charge in [0, 0.05) is 24.7 Å². The van der Waals surface area contributed by atoms with E-state index in [4.69, 9.17) is 4.74 Å². The molecule has 3 heterocycles. The maximum atomic E-state index is 13.2. The lowest BCUT2D eigenvalue weighted by atomic mass is 9.95. The van der Waals surface area contributed by atoms with Gasteiger partial charge >= 0.3 is 0 Å². The van der Waals surface area contributed by atoms with Gasteiger partial charge in [-0.3, -0.25) is 9.59 Å². The zero-order chi connectivity index (χ0) is 25.2. The lowest BCUT2D eigenvalue weighted by Crippen LogP contribution is -2.42. The van der Waals surface area contributed by atoms with Crippen molar-refractivity contribution in [3.63, 3.8) is 0 Å². The van der Waals surface area contributed by atoms with Crippen molar-refractivity contribution in [2.24, 2.45) is 5.92 Å². The van der Waals surface area contributed by atoms with Crippen molar-refractivity contribution >= 4 is 17.5 Å². The minimum absolute atomic E-state index is 0.000924. The molecule has 0 bridgehead atoms. The summed E-state index contributed by atoms with van der Waals surface area (Å²) in [5, 5.41) is 3.02. The van der Waals surface area contributed by atoms with Crippen LogP contribution in [0.25, 0.3) is 0 Å². The molecule has 188 valence electrons. The number of amides is 2. The van der Waals surface area contributed by atoms with Crippen LogP contribution < -0.4 is 5.32 Å². The molecule has 2 amide bonds. The average Bonchev–Trinajstić information content (AvgIpc) is 3.32. The van der Waals surface area contributed by atoms with Crippen LogP contribution in [-0.4, -0.2) is 39.4 Å². The summed E-state index contributed by atoms with van der Waals surface area (Å²) in [7, 11) is 0. The monoisotopic (exact) mass is 490 g/mol. The number of ether oxygens (including phenoxy) is 1. The predicted molar refractivity (Wildman–Crippen MR) is 134 cm³/mol. The molecule has 5 rings (SSSR count). The summed E-state index contributed by atoms with van der Waals surface area (Å²) in [5.41, 5.74) is 4.08. The maximum absolute atomic E-state index is 13.2. The molecule has 2 aromatic carbocycles. The van der Waals surface area contributed by atoms with E-state index >= 15 is 0 Å². The summed E-state index contributed by atoms with van der Waals surface area (Å²) in [6.07, 6.45) is 2.68. The first-order valence-electron chi connectivity index (χ1n) is 12.5. The number of imidazole rings is 1. The summed E-state index contributed by atoms with van der Waals surface area (Å²) in [6, 6.07) is 14.2. The van der Waals surface area contributed by atoms with Crippen molar-refractivity contribution in [1.82, 2.24) is 14.5 Å². The zero-order valence-corrected chi connectivity index (χ0v) is 20.6. The predicted octanol–water partition coefficient (Wildman–Crippen LogP) is 4.91. The number of benzene rings is 2. The molecule has 2 aliphatic heterocycles. The van der Waals surface area contributed by atoms with Crippen molar-refractivity contribution in [2.75, 3.05) is 18.4 Å². The molecule has 0 radical (unpaired) electrons. The molecule has 1 fully saturated rings. The summed E-state index contributed by atoms with van der Waals surface area (Å²) < 4.78 is 21.2. The second kappa shape index (κ2) is 10.2. The van der Waals surface area contributed by atoms with Gasteiger partial charge in [0.05, 0.1) is 25.2 Å². The van der Waals surface area contributed by atoms with Crippen LogP contribution in [0.15, 0.2) is 54.9 Å². The topological polar surface area (TPSA) is 76.5 Å². The quantitative estimate of drug-likeness (QED) is 0.552. The fourth-order valence-corrected chi connectivity index (χ4v) is 4.88.